The van der Waals surface area contributed by atoms with Crippen molar-refractivity contribution in [3.8, 4) is 0 Å². The van der Waals surface area contributed by atoms with Gasteiger partial charge < -0.3 is 5.32 Å². The molecule has 0 aliphatic carbocycles. The Morgan fingerprint density at radius 2 is 2.43 bits per heavy atom. The van der Waals surface area contributed by atoms with Crippen LogP contribution in [-0.4, -0.2) is 5.91 Å². The lowest BCUT2D eigenvalue weighted by atomic mass is 10.2. The van der Waals surface area contributed by atoms with E-state index < -0.39 is 0 Å². The third-order valence-corrected chi connectivity index (χ3v) is 2.03. The number of anilines is 1. The number of halogens is 1. The number of amides is 1. The van der Waals surface area contributed by atoms with Gasteiger partial charge in [-0.2, -0.15) is 0 Å². The monoisotopic (exact) mass is 210 g/mol. The summed E-state index contributed by atoms with van der Waals surface area (Å²) in [5.74, 6) is 0.0362. The highest BCUT2D eigenvalue weighted by Crippen LogP contribution is 2.14. The largest absolute Gasteiger partial charge is 0.326 e. The molecule has 1 aromatic rings. The zero-order chi connectivity index (χ0) is 10.4. The Hall–Kier alpha value is -1.02. The molecule has 0 unspecified atom stereocenters. The lowest BCUT2D eigenvalue weighted by Crippen LogP contribution is -2.10. The van der Waals surface area contributed by atoms with E-state index >= 15 is 0 Å². The van der Waals surface area contributed by atoms with Crippen molar-refractivity contribution < 1.29 is 4.79 Å². The molecule has 0 saturated carbocycles. The number of nitrogens with one attached hydrogen (secondary N) is 1. The topological polar surface area (TPSA) is 29.1 Å². The average Bonchev–Trinajstić information content (AvgIpc) is 2.15. The van der Waals surface area contributed by atoms with Crippen LogP contribution >= 0.6 is 11.6 Å². The standard InChI is InChI=1S/C11H13ClNO/c1-2-3-7-11(14)13-10-6-4-5-9(12)8-10/h4,6,8H,2-3,7H2,1H3,(H,13,14). The van der Waals surface area contributed by atoms with Gasteiger partial charge in [0.15, 0.2) is 0 Å². The van der Waals surface area contributed by atoms with Crippen molar-refractivity contribution in [1.82, 2.24) is 0 Å². The number of carbonyl (C=O) groups is 1. The van der Waals surface area contributed by atoms with E-state index in [1.807, 2.05) is 0 Å². The van der Waals surface area contributed by atoms with Gasteiger partial charge in [-0.15, -0.1) is 0 Å². The molecule has 14 heavy (non-hydrogen) atoms. The van der Waals surface area contributed by atoms with E-state index in [0.717, 1.165) is 18.5 Å². The third kappa shape index (κ3) is 3.79. The minimum absolute atomic E-state index is 0.0362. The zero-order valence-electron chi connectivity index (χ0n) is 8.14. The lowest BCUT2D eigenvalue weighted by molar-refractivity contribution is -0.116. The van der Waals surface area contributed by atoms with Gasteiger partial charge >= 0.3 is 0 Å². The Morgan fingerprint density at radius 1 is 1.64 bits per heavy atom. The van der Waals surface area contributed by atoms with Gasteiger partial charge in [-0.25, -0.2) is 0 Å². The molecule has 0 heterocycles. The Labute approximate surface area is 89.3 Å². The van der Waals surface area contributed by atoms with Crippen LogP contribution in [0, 0.1) is 6.07 Å². The van der Waals surface area contributed by atoms with E-state index in [1.54, 1.807) is 18.2 Å². The minimum atomic E-state index is 0.0362. The van der Waals surface area contributed by atoms with Crippen LogP contribution in [0.3, 0.4) is 0 Å². The van der Waals surface area contributed by atoms with E-state index in [1.165, 1.54) is 0 Å². The van der Waals surface area contributed by atoms with Gasteiger partial charge in [-0.05, 0) is 18.6 Å². The first-order valence-corrected chi connectivity index (χ1v) is 5.07. The Bertz CT molecular complexity index is 312. The first kappa shape index (κ1) is 11.1. The molecule has 0 aromatic heterocycles. The number of rotatable bonds is 4. The van der Waals surface area contributed by atoms with Crippen molar-refractivity contribution in [1.29, 1.82) is 0 Å². The Morgan fingerprint density at radius 3 is 3.07 bits per heavy atom. The Balaban J connectivity index is 2.47. The smallest absolute Gasteiger partial charge is 0.224 e. The zero-order valence-corrected chi connectivity index (χ0v) is 8.90. The summed E-state index contributed by atoms with van der Waals surface area (Å²) in [4.78, 5) is 11.3. The van der Waals surface area contributed by atoms with Crippen molar-refractivity contribution in [2.24, 2.45) is 0 Å². The Kier molecular flexibility index (Phi) is 4.47. The van der Waals surface area contributed by atoms with Crippen molar-refractivity contribution in [3.05, 3.63) is 29.3 Å². The summed E-state index contributed by atoms with van der Waals surface area (Å²) in [6, 6.07) is 7.95. The highest BCUT2D eigenvalue weighted by atomic mass is 35.5. The first-order valence-electron chi connectivity index (χ1n) is 4.69. The molecule has 0 fully saturated rings. The van der Waals surface area contributed by atoms with Gasteiger partial charge in [0.05, 0.1) is 5.02 Å². The van der Waals surface area contributed by atoms with Crippen LogP contribution < -0.4 is 5.32 Å². The van der Waals surface area contributed by atoms with Gasteiger partial charge in [0, 0.05) is 18.2 Å². The summed E-state index contributed by atoms with van der Waals surface area (Å²) in [6.07, 6.45) is 2.50. The summed E-state index contributed by atoms with van der Waals surface area (Å²) >= 11 is 5.73. The van der Waals surface area contributed by atoms with Crippen LogP contribution in [-0.2, 0) is 4.79 Å². The summed E-state index contributed by atoms with van der Waals surface area (Å²) in [7, 11) is 0. The minimum Gasteiger partial charge on any atom is -0.326 e. The summed E-state index contributed by atoms with van der Waals surface area (Å²) in [5, 5.41) is 3.29. The normalized spacial score (nSPS) is 9.86. The van der Waals surface area contributed by atoms with E-state index in [4.69, 9.17) is 11.6 Å². The SMILES string of the molecule is CCCCC(=O)Nc1cc[c]c(Cl)c1. The molecule has 75 valence electrons. The van der Waals surface area contributed by atoms with E-state index in [-0.39, 0.29) is 5.91 Å². The predicted octanol–water partition coefficient (Wildman–Crippen LogP) is 3.27. The first-order chi connectivity index (χ1) is 6.72. The maximum Gasteiger partial charge on any atom is 0.224 e. The van der Waals surface area contributed by atoms with Crippen molar-refractivity contribution in [2.75, 3.05) is 5.32 Å². The molecule has 3 heteroatoms. The number of carbonyl (C=O) groups excluding carboxylic acids is 1. The average molecular weight is 211 g/mol. The molecule has 0 saturated heterocycles. The van der Waals surface area contributed by atoms with Crippen LogP contribution in [0.25, 0.3) is 0 Å². The number of hydrogen-bond donors (Lipinski definition) is 1. The fourth-order valence-corrected chi connectivity index (χ4v) is 1.26. The molecule has 1 radical (unpaired) electrons. The molecule has 1 aromatic carbocycles. The van der Waals surface area contributed by atoms with Crippen LogP contribution in [0.4, 0.5) is 5.69 Å². The van der Waals surface area contributed by atoms with Gasteiger partial charge in [0.2, 0.25) is 5.91 Å². The predicted molar refractivity (Wildman–Crippen MR) is 58.4 cm³/mol. The molecule has 0 aliphatic rings. The number of benzene rings is 1. The molecule has 2 nitrogen and oxygen atoms in total. The van der Waals surface area contributed by atoms with Gasteiger partial charge in [0.25, 0.3) is 0 Å². The second-order valence-electron chi connectivity index (χ2n) is 3.08. The maximum absolute atomic E-state index is 11.3. The van der Waals surface area contributed by atoms with Crippen LogP contribution in [0.15, 0.2) is 18.2 Å². The highest BCUT2D eigenvalue weighted by Gasteiger charge is 2.01. The van der Waals surface area contributed by atoms with E-state index in [0.29, 0.717) is 11.4 Å². The molecule has 0 aliphatic heterocycles. The fraction of sp³-hybridized carbons (Fsp3) is 0.364. The van der Waals surface area contributed by atoms with Crippen molar-refractivity contribution in [2.45, 2.75) is 26.2 Å². The fourth-order valence-electron chi connectivity index (χ4n) is 1.08. The second kappa shape index (κ2) is 5.66. The van der Waals surface area contributed by atoms with Crippen LogP contribution in [0.2, 0.25) is 5.02 Å². The van der Waals surface area contributed by atoms with Gasteiger partial charge in [-0.3, -0.25) is 4.79 Å². The molecular formula is C11H13ClNO. The van der Waals surface area contributed by atoms with Crippen LogP contribution in [0.5, 0.6) is 0 Å². The van der Waals surface area contributed by atoms with E-state index in [9.17, 15) is 4.79 Å². The molecule has 0 bridgehead atoms. The molecule has 1 N–H and O–H groups in total. The van der Waals surface area contributed by atoms with Gasteiger partial charge in [-0.1, -0.05) is 31.0 Å². The molecule has 0 atom stereocenters. The number of hydrogen-bond acceptors (Lipinski definition) is 1. The maximum atomic E-state index is 11.3. The molecule has 1 amide bonds. The van der Waals surface area contributed by atoms with E-state index in [2.05, 4.69) is 18.3 Å². The summed E-state index contributed by atoms with van der Waals surface area (Å²) < 4.78 is 0. The molecule has 0 spiro atoms. The number of unbranched alkanes of at least 4 members (excludes halogenated alkanes) is 1. The van der Waals surface area contributed by atoms with Gasteiger partial charge in [0.1, 0.15) is 0 Å². The summed E-state index contributed by atoms with van der Waals surface area (Å²) in [6.45, 7) is 2.06. The quantitative estimate of drug-likeness (QED) is 0.812. The summed E-state index contributed by atoms with van der Waals surface area (Å²) in [5.41, 5.74) is 0.731. The third-order valence-electron chi connectivity index (χ3n) is 1.81. The van der Waals surface area contributed by atoms with Crippen molar-refractivity contribution >= 4 is 23.2 Å². The molecular weight excluding hydrogens is 198 g/mol. The van der Waals surface area contributed by atoms with Crippen LogP contribution in [0.1, 0.15) is 26.2 Å². The molecule has 1 rings (SSSR count). The lowest BCUT2D eigenvalue weighted by Gasteiger charge is -2.04. The van der Waals surface area contributed by atoms with Crippen molar-refractivity contribution in [3.63, 3.8) is 0 Å². The second-order valence-corrected chi connectivity index (χ2v) is 3.48. The highest BCUT2D eigenvalue weighted by molar-refractivity contribution is 6.30.